The second-order valence-electron chi connectivity index (χ2n) is 7.19. The van der Waals surface area contributed by atoms with Gasteiger partial charge in [-0.3, -0.25) is 14.5 Å². The summed E-state index contributed by atoms with van der Waals surface area (Å²) >= 11 is 0. The van der Waals surface area contributed by atoms with Crippen molar-refractivity contribution in [3.63, 3.8) is 0 Å². The van der Waals surface area contributed by atoms with E-state index in [1.54, 1.807) is 0 Å². The number of hydrogen-bond donors (Lipinski definition) is 1. The molecule has 1 saturated carbocycles. The van der Waals surface area contributed by atoms with E-state index in [-0.39, 0.29) is 17.7 Å². The molecule has 6 nitrogen and oxygen atoms in total. The van der Waals surface area contributed by atoms with Crippen LogP contribution in [0.4, 0.5) is 5.69 Å². The highest BCUT2D eigenvalue weighted by molar-refractivity contribution is 6.08. The maximum Gasteiger partial charge on any atom is 0.297 e. The fourth-order valence-electron chi connectivity index (χ4n) is 3.82. The van der Waals surface area contributed by atoms with Gasteiger partial charge in [-0.2, -0.15) is 0 Å². The number of benzene rings is 2. The molecule has 1 fully saturated rings. The Morgan fingerprint density at radius 1 is 0.966 bits per heavy atom. The number of nitrogens with zero attached hydrogens (tertiary/aromatic N) is 2. The van der Waals surface area contributed by atoms with Crippen molar-refractivity contribution in [3.05, 3.63) is 84.3 Å². The van der Waals surface area contributed by atoms with Crippen LogP contribution in [0.3, 0.4) is 0 Å². The van der Waals surface area contributed by atoms with Gasteiger partial charge in [0.1, 0.15) is 6.04 Å². The van der Waals surface area contributed by atoms with E-state index in [0.717, 1.165) is 31.2 Å². The highest BCUT2D eigenvalue weighted by Gasteiger charge is 2.35. The lowest BCUT2D eigenvalue weighted by molar-refractivity contribution is -0.123. The second-order valence-corrected chi connectivity index (χ2v) is 7.19. The summed E-state index contributed by atoms with van der Waals surface area (Å²) in [6.45, 7) is 0. The Kier molecular flexibility index (Phi) is 5.70. The molecule has 0 saturated heterocycles. The number of anilines is 1. The number of carbonyl (C=O) groups is 2. The highest BCUT2D eigenvalue weighted by atomic mass is 16.5. The van der Waals surface area contributed by atoms with E-state index in [1.807, 2.05) is 60.7 Å². The molecule has 1 unspecified atom stereocenters. The molecule has 2 amide bonds. The van der Waals surface area contributed by atoms with Gasteiger partial charge in [-0.1, -0.05) is 66.5 Å². The molecule has 0 spiro atoms. The van der Waals surface area contributed by atoms with Crippen molar-refractivity contribution in [2.75, 3.05) is 4.90 Å². The number of carbonyl (C=O) groups excluding carboxylic acids is 2. The maximum atomic E-state index is 13.4. The van der Waals surface area contributed by atoms with Crippen LogP contribution in [0.2, 0.25) is 0 Å². The van der Waals surface area contributed by atoms with E-state index in [2.05, 4.69) is 10.5 Å². The van der Waals surface area contributed by atoms with E-state index in [1.165, 1.54) is 17.2 Å². The molecule has 148 valence electrons. The third-order valence-electron chi connectivity index (χ3n) is 5.23. The zero-order valence-electron chi connectivity index (χ0n) is 16.0. The monoisotopic (exact) mass is 389 g/mol. The first-order chi connectivity index (χ1) is 14.2. The normalized spacial score (nSPS) is 15.0. The second kappa shape index (κ2) is 8.73. The molecule has 2 aromatic carbocycles. The van der Waals surface area contributed by atoms with Gasteiger partial charge in [0.05, 0.1) is 6.20 Å². The smallest absolute Gasteiger partial charge is 0.297 e. The summed E-state index contributed by atoms with van der Waals surface area (Å²) in [5.74, 6) is -0.521. The average molecular weight is 389 g/mol. The maximum absolute atomic E-state index is 13.4. The molecule has 1 atom stereocenters. The molecule has 3 aromatic rings. The zero-order chi connectivity index (χ0) is 20.1. The summed E-state index contributed by atoms with van der Waals surface area (Å²) in [6.07, 6.45) is 5.58. The van der Waals surface area contributed by atoms with Gasteiger partial charge in [0.25, 0.3) is 5.91 Å². The first kappa shape index (κ1) is 18.9. The SMILES string of the molecule is O=C(NC1CCCC1)C(c1ccccc1)N(C(=O)c1ccno1)c1ccccc1. The topological polar surface area (TPSA) is 75.4 Å². The molecule has 1 aliphatic carbocycles. The van der Waals surface area contributed by atoms with Crippen molar-refractivity contribution in [1.29, 1.82) is 0 Å². The molecular weight excluding hydrogens is 366 g/mol. The summed E-state index contributed by atoms with van der Waals surface area (Å²) in [7, 11) is 0. The quantitative estimate of drug-likeness (QED) is 0.688. The minimum Gasteiger partial charge on any atom is -0.351 e. The molecule has 1 heterocycles. The van der Waals surface area contributed by atoms with Crippen LogP contribution >= 0.6 is 0 Å². The third-order valence-corrected chi connectivity index (χ3v) is 5.23. The minimum atomic E-state index is -0.822. The number of nitrogens with one attached hydrogen (secondary N) is 1. The predicted octanol–water partition coefficient (Wildman–Crippen LogP) is 4.12. The van der Waals surface area contributed by atoms with Crippen molar-refractivity contribution < 1.29 is 14.1 Å². The minimum absolute atomic E-state index is 0.0865. The van der Waals surface area contributed by atoms with Crippen LogP contribution < -0.4 is 10.2 Å². The summed E-state index contributed by atoms with van der Waals surface area (Å²) in [6, 6.07) is 19.4. The first-order valence-electron chi connectivity index (χ1n) is 9.88. The van der Waals surface area contributed by atoms with Crippen LogP contribution in [0.1, 0.15) is 47.8 Å². The number of rotatable bonds is 6. The van der Waals surface area contributed by atoms with Crippen LogP contribution in [-0.2, 0) is 4.79 Å². The molecule has 4 rings (SSSR count). The van der Waals surface area contributed by atoms with Crippen LogP contribution in [0.25, 0.3) is 0 Å². The van der Waals surface area contributed by atoms with Crippen molar-refractivity contribution in [1.82, 2.24) is 10.5 Å². The fourth-order valence-corrected chi connectivity index (χ4v) is 3.82. The largest absolute Gasteiger partial charge is 0.351 e. The van der Waals surface area contributed by atoms with Gasteiger partial charge in [-0.25, -0.2) is 0 Å². The summed E-state index contributed by atoms with van der Waals surface area (Å²) in [5.41, 5.74) is 1.35. The Hall–Kier alpha value is -3.41. The number of amides is 2. The standard InChI is InChI=1S/C23H23N3O3/c27-22(25-18-11-7-8-12-18)21(17-9-3-1-4-10-17)26(19-13-5-2-6-14-19)23(28)20-15-16-24-29-20/h1-6,9-10,13-16,18,21H,7-8,11-12H2,(H,25,27). The Balaban J connectivity index is 1.77. The number of para-hydroxylation sites is 1. The molecule has 1 aromatic heterocycles. The van der Waals surface area contributed by atoms with E-state index < -0.39 is 11.9 Å². The Bertz CT molecular complexity index is 936. The lowest BCUT2D eigenvalue weighted by atomic mass is 10.0. The summed E-state index contributed by atoms with van der Waals surface area (Å²) < 4.78 is 5.12. The Labute approximate surface area is 169 Å². The fraction of sp³-hybridized carbons (Fsp3) is 0.261. The van der Waals surface area contributed by atoms with Crippen molar-refractivity contribution in [2.45, 2.75) is 37.8 Å². The molecule has 0 radical (unpaired) electrons. The average Bonchev–Trinajstić information content (AvgIpc) is 3.47. The summed E-state index contributed by atoms with van der Waals surface area (Å²) in [5, 5.41) is 6.81. The van der Waals surface area contributed by atoms with Gasteiger partial charge in [0, 0.05) is 17.8 Å². The van der Waals surface area contributed by atoms with Gasteiger partial charge in [0.2, 0.25) is 11.7 Å². The van der Waals surface area contributed by atoms with Crippen LogP contribution in [0.15, 0.2) is 77.4 Å². The molecule has 0 aliphatic heterocycles. The van der Waals surface area contributed by atoms with Gasteiger partial charge >= 0.3 is 0 Å². The molecule has 1 aliphatic rings. The van der Waals surface area contributed by atoms with Crippen LogP contribution in [-0.4, -0.2) is 23.0 Å². The summed E-state index contributed by atoms with van der Waals surface area (Å²) in [4.78, 5) is 28.3. The highest BCUT2D eigenvalue weighted by Crippen LogP contribution is 2.30. The molecular formula is C23H23N3O3. The van der Waals surface area contributed by atoms with Crippen LogP contribution in [0, 0.1) is 0 Å². The lowest BCUT2D eigenvalue weighted by Crippen LogP contribution is -2.46. The zero-order valence-corrected chi connectivity index (χ0v) is 16.0. The number of hydrogen-bond acceptors (Lipinski definition) is 4. The molecule has 6 heteroatoms. The molecule has 29 heavy (non-hydrogen) atoms. The van der Waals surface area contributed by atoms with E-state index in [0.29, 0.717) is 5.69 Å². The van der Waals surface area contributed by atoms with E-state index in [9.17, 15) is 9.59 Å². The van der Waals surface area contributed by atoms with Gasteiger partial charge in [0.15, 0.2) is 0 Å². The predicted molar refractivity (Wildman–Crippen MR) is 109 cm³/mol. The molecule has 1 N–H and O–H groups in total. The van der Waals surface area contributed by atoms with E-state index >= 15 is 0 Å². The van der Waals surface area contributed by atoms with Gasteiger partial charge in [-0.05, 0) is 30.5 Å². The van der Waals surface area contributed by atoms with Crippen molar-refractivity contribution >= 4 is 17.5 Å². The van der Waals surface area contributed by atoms with Crippen LogP contribution in [0.5, 0.6) is 0 Å². The lowest BCUT2D eigenvalue weighted by Gasteiger charge is -2.31. The Morgan fingerprint density at radius 3 is 2.24 bits per heavy atom. The van der Waals surface area contributed by atoms with Crippen molar-refractivity contribution in [2.24, 2.45) is 0 Å². The first-order valence-corrected chi connectivity index (χ1v) is 9.88. The van der Waals surface area contributed by atoms with E-state index in [4.69, 9.17) is 4.52 Å². The Morgan fingerprint density at radius 2 is 1.62 bits per heavy atom. The van der Waals surface area contributed by atoms with Gasteiger partial charge < -0.3 is 9.84 Å². The van der Waals surface area contributed by atoms with Gasteiger partial charge in [-0.15, -0.1) is 0 Å². The number of aromatic nitrogens is 1. The third kappa shape index (κ3) is 4.21. The van der Waals surface area contributed by atoms with Crippen molar-refractivity contribution in [3.8, 4) is 0 Å². The molecule has 0 bridgehead atoms.